The summed E-state index contributed by atoms with van der Waals surface area (Å²) in [5.74, 6) is -2.10. The number of amides is 1. The van der Waals surface area contributed by atoms with Crippen LogP contribution in [0, 0.1) is 11.6 Å². The minimum Gasteiger partial charge on any atom is -0.480 e. The van der Waals surface area contributed by atoms with E-state index in [0.717, 1.165) is 0 Å². The van der Waals surface area contributed by atoms with Crippen LogP contribution in [0.2, 0.25) is 0 Å². The Kier molecular flexibility index (Phi) is 3.12. The van der Waals surface area contributed by atoms with Crippen molar-refractivity contribution in [1.82, 2.24) is 10.7 Å². The number of rotatable bonds is 2. The first-order valence-electron chi connectivity index (χ1n) is 7.34. The first-order chi connectivity index (χ1) is 11.1. The molecular weight excluding hydrogens is 308 g/mol. The van der Waals surface area contributed by atoms with Gasteiger partial charge in [-0.1, -0.05) is 0 Å². The summed E-state index contributed by atoms with van der Waals surface area (Å²) in [6.45, 7) is 3.00. The number of halogens is 2. The van der Waals surface area contributed by atoms with Crippen molar-refractivity contribution in [3.63, 3.8) is 0 Å². The summed E-state index contributed by atoms with van der Waals surface area (Å²) in [6.07, 6.45) is 0. The van der Waals surface area contributed by atoms with Crippen LogP contribution >= 0.6 is 0 Å². The van der Waals surface area contributed by atoms with E-state index < -0.39 is 17.7 Å². The maximum Gasteiger partial charge on any atom is 0.262 e. The molecule has 122 valence electrons. The van der Waals surface area contributed by atoms with Gasteiger partial charge in [-0.05, 0) is 13.0 Å². The molecule has 3 N–H and O–H groups in total. The molecule has 7 nitrogen and oxygen atoms in total. The van der Waals surface area contributed by atoms with Gasteiger partial charge < -0.3 is 20.3 Å². The van der Waals surface area contributed by atoms with Crippen molar-refractivity contribution in [2.24, 2.45) is 5.10 Å². The van der Waals surface area contributed by atoms with E-state index in [1.165, 1.54) is 6.07 Å². The molecule has 3 aliphatic rings. The number of fused-ring (bicyclic) bond motifs is 3. The smallest absolute Gasteiger partial charge is 0.262 e. The number of hydrogen-bond acceptors (Lipinski definition) is 6. The molecule has 1 aromatic rings. The number of anilines is 2. The van der Waals surface area contributed by atoms with Crippen LogP contribution in [0.4, 0.5) is 20.2 Å². The molecule has 1 atom stereocenters. The van der Waals surface area contributed by atoms with Gasteiger partial charge in [-0.2, -0.15) is 9.49 Å². The quantitative estimate of drug-likeness (QED) is 0.733. The van der Waals surface area contributed by atoms with Crippen molar-refractivity contribution < 1.29 is 18.3 Å². The highest BCUT2D eigenvalue weighted by atomic mass is 19.2. The number of ether oxygens (including phenoxy) is 1. The molecule has 0 bridgehead atoms. The van der Waals surface area contributed by atoms with Crippen LogP contribution in [0.3, 0.4) is 0 Å². The van der Waals surface area contributed by atoms with Gasteiger partial charge in [0.1, 0.15) is 12.6 Å². The van der Waals surface area contributed by atoms with Crippen LogP contribution in [-0.2, 0) is 4.79 Å². The molecule has 1 saturated heterocycles. The molecule has 4 rings (SSSR count). The Morgan fingerprint density at radius 3 is 2.87 bits per heavy atom. The van der Waals surface area contributed by atoms with E-state index >= 15 is 0 Å². The summed E-state index contributed by atoms with van der Waals surface area (Å²) in [5, 5.41) is 9.93. The molecular formula is C14H15F2N5O2. The van der Waals surface area contributed by atoms with Crippen LogP contribution in [0.25, 0.3) is 0 Å². The Morgan fingerprint density at radius 2 is 2.17 bits per heavy atom. The summed E-state index contributed by atoms with van der Waals surface area (Å²) in [7, 11) is 0. The lowest BCUT2D eigenvalue weighted by molar-refractivity contribution is -0.122. The van der Waals surface area contributed by atoms with Crippen molar-refractivity contribution in [2.45, 2.75) is 19.0 Å². The number of hydrogen-bond donors (Lipinski definition) is 3. The minimum absolute atomic E-state index is 0.0344. The fourth-order valence-corrected chi connectivity index (χ4v) is 2.82. The van der Waals surface area contributed by atoms with Crippen molar-refractivity contribution in [3.8, 4) is 5.75 Å². The van der Waals surface area contributed by atoms with E-state index in [1.54, 1.807) is 11.8 Å². The van der Waals surface area contributed by atoms with Crippen LogP contribution in [0.15, 0.2) is 11.2 Å². The Bertz CT molecular complexity index is 720. The third-order valence-electron chi connectivity index (χ3n) is 4.23. The number of carbonyl (C=O) groups excluding carboxylic acids is 1. The first-order valence-corrected chi connectivity index (χ1v) is 7.34. The fraction of sp³-hybridized carbons (Fsp3) is 0.429. The highest BCUT2D eigenvalue weighted by Crippen LogP contribution is 2.41. The van der Waals surface area contributed by atoms with Crippen LogP contribution in [-0.4, -0.2) is 43.5 Å². The van der Waals surface area contributed by atoms with E-state index in [1.807, 2.05) is 0 Å². The normalized spacial score (nSPS) is 23.1. The molecule has 0 aliphatic carbocycles. The van der Waals surface area contributed by atoms with Gasteiger partial charge >= 0.3 is 0 Å². The van der Waals surface area contributed by atoms with Gasteiger partial charge in [-0.3, -0.25) is 4.79 Å². The largest absolute Gasteiger partial charge is 0.480 e. The Hall–Kier alpha value is -2.42. The Balaban J connectivity index is 1.80. The Labute approximate surface area is 130 Å². The maximum atomic E-state index is 14.4. The number of nitrogens with one attached hydrogen (secondary N) is 3. The van der Waals surface area contributed by atoms with Gasteiger partial charge in [0.15, 0.2) is 17.4 Å². The highest BCUT2D eigenvalue weighted by molar-refractivity contribution is 6.09. The molecule has 3 aliphatic heterocycles. The average Bonchev–Trinajstić information content (AvgIpc) is 2.50. The predicted octanol–water partition coefficient (Wildman–Crippen LogP) is 0.379. The molecule has 0 aromatic heterocycles. The zero-order valence-corrected chi connectivity index (χ0v) is 12.3. The topological polar surface area (TPSA) is 78.0 Å². The third-order valence-corrected chi connectivity index (χ3v) is 4.23. The van der Waals surface area contributed by atoms with E-state index in [9.17, 15) is 13.6 Å². The molecule has 1 unspecified atom stereocenters. The number of nitrogens with zero attached hydrogens (tertiary/aromatic N) is 2. The van der Waals surface area contributed by atoms with Gasteiger partial charge in [0.05, 0.1) is 17.4 Å². The summed E-state index contributed by atoms with van der Waals surface area (Å²) in [6, 6.07) is 0.922. The standard InChI is InChI=1S/C14H15F2N5O2/c1-6-14(22)20-19-10-5-23-13-9(21(6)10)2-8(11(15)12(13)16)18-7-3-17-4-7/h2,6-7,17-18H,3-5H2,1H3,(H,20,22). The molecule has 3 heterocycles. The van der Waals surface area contributed by atoms with Gasteiger partial charge in [-0.15, -0.1) is 0 Å². The molecule has 23 heavy (non-hydrogen) atoms. The zero-order valence-electron chi connectivity index (χ0n) is 12.3. The second kappa shape index (κ2) is 5.05. The lowest BCUT2D eigenvalue weighted by atomic mass is 10.1. The monoisotopic (exact) mass is 323 g/mol. The molecule has 1 amide bonds. The van der Waals surface area contributed by atoms with Gasteiger partial charge in [-0.25, -0.2) is 9.82 Å². The number of benzene rings is 1. The summed E-state index contributed by atoms with van der Waals surface area (Å²) < 4.78 is 33.9. The molecule has 1 fully saturated rings. The lowest BCUT2D eigenvalue weighted by Gasteiger charge is -2.38. The first kappa shape index (κ1) is 14.2. The summed E-state index contributed by atoms with van der Waals surface area (Å²) in [5.41, 5.74) is 2.74. The van der Waals surface area contributed by atoms with Crippen LogP contribution < -0.4 is 25.7 Å². The predicted molar refractivity (Wildman–Crippen MR) is 79.7 cm³/mol. The van der Waals surface area contributed by atoms with E-state index in [0.29, 0.717) is 24.6 Å². The summed E-state index contributed by atoms with van der Waals surface area (Å²) in [4.78, 5) is 13.4. The van der Waals surface area contributed by atoms with Crippen molar-refractivity contribution in [1.29, 1.82) is 0 Å². The second-order valence-corrected chi connectivity index (χ2v) is 5.74. The minimum atomic E-state index is -1.06. The molecule has 9 heteroatoms. The van der Waals surface area contributed by atoms with Crippen LogP contribution in [0.5, 0.6) is 5.75 Å². The highest BCUT2D eigenvalue weighted by Gasteiger charge is 2.38. The van der Waals surface area contributed by atoms with Crippen molar-refractivity contribution in [3.05, 3.63) is 17.7 Å². The second-order valence-electron chi connectivity index (χ2n) is 5.74. The van der Waals surface area contributed by atoms with E-state index in [4.69, 9.17) is 4.74 Å². The molecule has 0 radical (unpaired) electrons. The van der Waals surface area contributed by atoms with E-state index in [2.05, 4.69) is 21.2 Å². The molecule has 0 saturated carbocycles. The Morgan fingerprint density at radius 1 is 1.39 bits per heavy atom. The molecule has 1 aromatic carbocycles. The van der Waals surface area contributed by atoms with Gasteiger partial charge in [0.2, 0.25) is 5.82 Å². The third kappa shape index (κ3) is 2.11. The zero-order chi connectivity index (χ0) is 16.1. The van der Waals surface area contributed by atoms with Crippen molar-refractivity contribution in [2.75, 3.05) is 29.9 Å². The maximum absolute atomic E-state index is 14.4. The average molecular weight is 323 g/mol. The van der Waals surface area contributed by atoms with Gasteiger partial charge in [0, 0.05) is 13.1 Å². The number of amidine groups is 1. The van der Waals surface area contributed by atoms with E-state index in [-0.39, 0.29) is 30.0 Å². The summed E-state index contributed by atoms with van der Waals surface area (Å²) >= 11 is 0. The lowest BCUT2D eigenvalue weighted by Crippen LogP contribution is -2.55. The molecule has 0 spiro atoms. The van der Waals surface area contributed by atoms with Gasteiger partial charge in [0.25, 0.3) is 5.91 Å². The van der Waals surface area contributed by atoms with Crippen molar-refractivity contribution >= 4 is 23.1 Å². The number of hydrazone groups is 1. The fourth-order valence-electron chi connectivity index (χ4n) is 2.82. The van der Waals surface area contributed by atoms with Crippen LogP contribution in [0.1, 0.15) is 6.92 Å². The number of carbonyl (C=O) groups is 1. The SMILES string of the molecule is CC1C(=O)NN=C2COc3c(cc(NC4CNC4)c(F)c3F)N21.